The van der Waals surface area contributed by atoms with Gasteiger partial charge in [-0.05, 0) is 38.1 Å². The number of aromatic nitrogens is 2. The molecule has 0 bridgehead atoms. The molecule has 2 aromatic rings. The van der Waals surface area contributed by atoms with E-state index in [1.807, 2.05) is 24.5 Å². The van der Waals surface area contributed by atoms with Gasteiger partial charge in [-0.25, -0.2) is 9.37 Å². The van der Waals surface area contributed by atoms with Crippen molar-refractivity contribution in [3.05, 3.63) is 30.1 Å². The van der Waals surface area contributed by atoms with Gasteiger partial charge in [-0.2, -0.15) is 0 Å². The summed E-state index contributed by atoms with van der Waals surface area (Å²) in [5, 5.41) is 6.40. The van der Waals surface area contributed by atoms with Crippen LogP contribution >= 0.6 is 0 Å². The van der Waals surface area contributed by atoms with Crippen LogP contribution in [0.25, 0.3) is 5.65 Å². The summed E-state index contributed by atoms with van der Waals surface area (Å²) in [5.74, 6) is 7.17. The molecule has 0 aromatic carbocycles. The van der Waals surface area contributed by atoms with Crippen molar-refractivity contribution in [1.82, 2.24) is 20.0 Å². The number of alkyl halides is 1. The Labute approximate surface area is 152 Å². The molecular weight excluding hydrogens is 333 g/mol. The Balaban J connectivity index is 1.40. The van der Waals surface area contributed by atoms with Crippen LogP contribution < -0.4 is 15.5 Å². The van der Waals surface area contributed by atoms with Gasteiger partial charge in [-0.15, -0.1) is 0 Å². The summed E-state index contributed by atoms with van der Waals surface area (Å²) in [6.45, 7) is 4.35. The quantitative estimate of drug-likeness (QED) is 0.808. The van der Waals surface area contributed by atoms with E-state index in [9.17, 15) is 4.39 Å². The van der Waals surface area contributed by atoms with E-state index in [4.69, 9.17) is 4.74 Å². The largest absolute Gasteiger partial charge is 0.362 e. The molecule has 2 aromatic heterocycles. The molecule has 2 aliphatic rings. The van der Waals surface area contributed by atoms with Crippen LogP contribution in [0.1, 0.15) is 18.4 Å². The van der Waals surface area contributed by atoms with Gasteiger partial charge in [-0.1, -0.05) is 11.8 Å². The van der Waals surface area contributed by atoms with Crippen molar-refractivity contribution in [2.75, 3.05) is 44.4 Å². The Hall–Kier alpha value is -2.14. The number of ether oxygens (including phenoxy) is 1. The second-order valence-corrected chi connectivity index (χ2v) is 6.70. The lowest BCUT2D eigenvalue weighted by Crippen LogP contribution is -2.42. The van der Waals surface area contributed by atoms with E-state index in [0.29, 0.717) is 13.0 Å². The van der Waals surface area contributed by atoms with Gasteiger partial charge in [0.25, 0.3) is 0 Å². The highest BCUT2D eigenvalue weighted by Gasteiger charge is 2.24. The Kier molecular flexibility index (Phi) is 5.34. The summed E-state index contributed by atoms with van der Waals surface area (Å²) >= 11 is 0. The number of nitrogens with zero attached hydrogens (tertiary/aromatic N) is 3. The second-order valence-electron chi connectivity index (χ2n) is 6.70. The van der Waals surface area contributed by atoms with Crippen LogP contribution in [0.15, 0.2) is 24.5 Å². The summed E-state index contributed by atoms with van der Waals surface area (Å²) < 4.78 is 21.3. The molecule has 0 spiro atoms. The molecule has 26 heavy (non-hydrogen) atoms. The number of rotatable bonds is 3. The highest BCUT2D eigenvalue weighted by Crippen LogP contribution is 2.18. The average molecular weight is 357 g/mol. The van der Waals surface area contributed by atoms with Gasteiger partial charge in [0.15, 0.2) is 0 Å². The fourth-order valence-electron chi connectivity index (χ4n) is 3.43. The fourth-order valence-corrected chi connectivity index (χ4v) is 3.43. The van der Waals surface area contributed by atoms with Gasteiger partial charge < -0.3 is 15.0 Å². The maximum absolute atomic E-state index is 13.7. The number of imidazole rings is 1. The number of piperidine rings is 1. The maximum atomic E-state index is 13.7. The first kappa shape index (κ1) is 17.3. The number of halogens is 1. The summed E-state index contributed by atoms with van der Waals surface area (Å²) in [6.07, 6.45) is 4.43. The lowest BCUT2D eigenvalue weighted by atomic mass is 10.1. The SMILES string of the molecule is F[C@@H]1CNCC[C@@H]1OCC#Cc1ccn2c(N3CCCNC3)cnc2c1. The van der Waals surface area contributed by atoms with Crippen molar-refractivity contribution in [1.29, 1.82) is 0 Å². The summed E-state index contributed by atoms with van der Waals surface area (Å²) in [6, 6.07) is 3.95. The van der Waals surface area contributed by atoms with Gasteiger partial charge in [0.05, 0.1) is 19.0 Å². The molecule has 0 radical (unpaired) electrons. The highest BCUT2D eigenvalue weighted by atomic mass is 19.1. The molecule has 6 nitrogen and oxygen atoms in total. The van der Waals surface area contributed by atoms with Gasteiger partial charge in [0.1, 0.15) is 24.2 Å². The number of hydrogen-bond donors (Lipinski definition) is 2. The van der Waals surface area contributed by atoms with E-state index >= 15 is 0 Å². The van der Waals surface area contributed by atoms with Crippen molar-refractivity contribution >= 4 is 11.5 Å². The summed E-state index contributed by atoms with van der Waals surface area (Å²) in [7, 11) is 0. The van der Waals surface area contributed by atoms with Gasteiger partial charge in [-0.3, -0.25) is 9.72 Å². The number of hydrogen-bond acceptors (Lipinski definition) is 5. The number of fused-ring (bicyclic) bond motifs is 1. The molecular formula is C19H24FN5O. The molecule has 4 rings (SSSR count). The Morgan fingerprint density at radius 2 is 2.31 bits per heavy atom. The Morgan fingerprint density at radius 3 is 3.15 bits per heavy atom. The predicted octanol–water partition coefficient (Wildman–Crippen LogP) is 1.16. The lowest BCUT2D eigenvalue weighted by molar-refractivity contribution is -0.00239. The molecule has 0 unspecified atom stereocenters. The van der Waals surface area contributed by atoms with Crippen LogP contribution in [0, 0.1) is 11.8 Å². The van der Waals surface area contributed by atoms with Crippen LogP contribution in [0.2, 0.25) is 0 Å². The minimum Gasteiger partial charge on any atom is -0.362 e. The monoisotopic (exact) mass is 357 g/mol. The van der Waals surface area contributed by atoms with Crippen LogP contribution in [0.4, 0.5) is 10.2 Å². The standard InChI is InChI=1S/C19H24FN5O/c20-16-12-21-7-4-17(16)26-10-1-3-15-5-9-25-18(11-15)23-13-19(25)24-8-2-6-22-14-24/h5,9,11,13,16-17,21-22H,2,4,6-8,10,12,14H2/t16-,17+/m1/s1. The van der Waals surface area contributed by atoms with Crippen LogP contribution in [-0.2, 0) is 4.74 Å². The first-order valence-electron chi connectivity index (χ1n) is 9.19. The zero-order valence-electron chi connectivity index (χ0n) is 14.7. The van der Waals surface area contributed by atoms with Crippen LogP contribution in [-0.4, -0.2) is 61.1 Å². The van der Waals surface area contributed by atoms with E-state index in [0.717, 1.165) is 49.8 Å². The molecule has 0 saturated carbocycles. The average Bonchev–Trinajstić information content (AvgIpc) is 3.10. The Morgan fingerprint density at radius 1 is 1.35 bits per heavy atom. The number of anilines is 1. The molecule has 2 aliphatic heterocycles. The van der Waals surface area contributed by atoms with Crippen molar-refractivity contribution < 1.29 is 9.13 Å². The first-order chi connectivity index (χ1) is 12.8. The lowest BCUT2D eigenvalue weighted by Gasteiger charge is -2.28. The van der Waals surface area contributed by atoms with Gasteiger partial charge >= 0.3 is 0 Å². The van der Waals surface area contributed by atoms with E-state index in [2.05, 4.69) is 36.8 Å². The van der Waals surface area contributed by atoms with E-state index < -0.39 is 6.17 Å². The maximum Gasteiger partial charge on any atom is 0.139 e. The normalized spacial score (nSPS) is 23.7. The third-order valence-corrected chi connectivity index (χ3v) is 4.85. The Bertz CT molecular complexity index is 805. The highest BCUT2D eigenvalue weighted by molar-refractivity contribution is 5.55. The van der Waals surface area contributed by atoms with Gasteiger partial charge in [0, 0.05) is 24.8 Å². The molecule has 0 aliphatic carbocycles. The molecule has 0 amide bonds. The zero-order chi connectivity index (χ0) is 17.8. The van der Waals surface area contributed by atoms with E-state index in [-0.39, 0.29) is 12.7 Å². The molecule has 2 fully saturated rings. The first-order valence-corrected chi connectivity index (χ1v) is 9.19. The topological polar surface area (TPSA) is 53.8 Å². The molecule has 2 atom stereocenters. The third kappa shape index (κ3) is 3.83. The van der Waals surface area contributed by atoms with Crippen molar-refractivity contribution in [3.8, 4) is 11.8 Å². The third-order valence-electron chi connectivity index (χ3n) is 4.85. The molecule has 7 heteroatoms. The van der Waals surface area contributed by atoms with Crippen LogP contribution in [0.3, 0.4) is 0 Å². The molecule has 138 valence electrons. The molecule has 2 N–H and O–H groups in total. The van der Waals surface area contributed by atoms with Crippen molar-refractivity contribution in [3.63, 3.8) is 0 Å². The van der Waals surface area contributed by atoms with Crippen LogP contribution in [0.5, 0.6) is 0 Å². The summed E-state index contributed by atoms with van der Waals surface area (Å²) in [4.78, 5) is 6.79. The zero-order valence-corrected chi connectivity index (χ0v) is 14.7. The van der Waals surface area contributed by atoms with Gasteiger partial charge in [0.2, 0.25) is 0 Å². The predicted molar refractivity (Wildman–Crippen MR) is 99.0 cm³/mol. The minimum atomic E-state index is -0.950. The fraction of sp³-hybridized carbons (Fsp3) is 0.526. The van der Waals surface area contributed by atoms with Crippen molar-refractivity contribution in [2.45, 2.75) is 25.1 Å². The smallest absolute Gasteiger partial charge is 0.139 e. The van der Waals surface area contributed by atoms with E-state index in [1.54, 1.807) is 0 Å². The number of nitrogens with one attached hydrogen (secondary N) is 2. The molecule has 2 saturated heterocycles. The van der Waals surface area contributed by atoms with E-state index in [1.165, 1.54) is 0 Å². The molecule has 4 heterocycles. The summed E-state index contributed by atoms with van der Waals surface area (Å²) in [5.41, 5.74) is 1.76. The minimum absolute atomic E-state index is 0.245. The number of pyridine rings is 1. The second kappa shape index (κ2) is 8.04. The van der Waals surface area contributed by atoms with Crippen molar-refractivity contribution in [2.24, 2.45) is 0 Å².